The van der Waals surface area contributed by atoms with Gasteiger partial charge in [0.1, 0.15) is 5.82 Å². The molecule has 2 rings (SSSR count). The van der Waals surface area contributed by atoms with Crippen molar-refractivity contribution >= 4 is 11.5 Å². The number of benzene rings is 1. The Bertz CT molecular complexity index is 454. The third kappa shape index (κ3) is 2.31. The Labute approximate surface area is 95.5 Å². The van der Waals surface area contributed by atoms with E-state index in [1.165, 1.54) is 5.56 Å². The highest BCUT2D eigenvalue weighted by molar-refractivity contribution is 5.62. The molecule has 0 aliphatic heterocycles. The SMILES string of the molecule is CN(Cc1ccccc1)c1cccnc1N. The molecular formula is C13H15N3. The van der Waals surface area contributed by atoms with E-state index in [-0.39, 0.29) is 0 Å². The molecule has 0 bridgehead atoms. The van der Waals surface area contributed by atoms with Crippen molar-refractivity contribution in [2.45, 2.75) is 6.54 Å². The molecule has 0 saturated heterocycles. The van der Waals surface area contributed by atoms with Gasteiger partial charge in [-0.1, -0.05) is 30.3 Å². The number of hydrogen-bond acceptors (Lipinski definition) is 3. The molecular weight excluding hydrogens is 198 g/mol. The van der Waals surface area contributed by atoms with Crippen LogP contribution in [0.3, 0.4) is 0 Å². The predicted molar refractivity (Wildman–Crippen MR) is 67.2 cm³/mol. The maximum Gasteiger partial charge on any atom is 0.146 e. The van der Waals surface area contributed by atoms with Gasteiger partial charge in [0.05, 0.1) is 5.69 Å². The standard InChI is InChI=1S/C13H15N3/c1-16(10-11-6-3-2-4-7-11)12-8-5-9-15-13(12)14/h2-9H,10H2,1H3,(H2,14,15). The third-order valence-electron chi connectivity index (χ3n) is 2.49. The third-order valence-corrected chi connectivity index (χ3v) is 2.49. The summed E-state index contributed by atoms with van der Waals surface area (Å²) in [6, 6.07) is 14.2. The van der Waals surface area contributed by atoms with Crippen LogP contribution >= 0.6 is 0 Å². The molecule has 0 aliphatic rings. The smallest absolute Gasteiger partial charge is 0.146 e. The zero-order valence-corrected chi connectivity index (χ0v) is 9.30. The number of aromatic nitrogens is 1. The monoisotopic (exact) mass is 213 g/mol. The van der Waals surface area contributed by atoms with Crippen molar-refractivity contribution in [3.63, 3.8) is 0 Å². The number of pyridine rings is 1. The number of nitrogens with two attached hydrogens (primary N) is 1. The van der Waals surface area contributed by atoms with Gasteiger partial charge in [-0.05, 0) is 17.7 Å². The molecule has 0 atom stereocenters. The van der Waals surface area contributed by atoms with Crippen LogP contribution in [0.15, 0.2) is 48.7 Å². The predicted octanol–water partition coefficient (Wildman–Crippen LogP) is 2.30. The topological polar surface area (TPSA) is 42.2 Å². The first-order valence-electron chi connectivity index (χ1n) is 5.23. The Morgan fingerprint density at radius 2 is 1.88 bits per heavy atom. The number of hydrogen-bond donors (Lipinski definition) is 1. The Morgan fingerprint density at radius 3 is 2.56 bits per heavy atom. The van der Waals surface area contributed by atoms with Crippen molar-refractivity contribution in [1.82, 2.24) is 4.98 Å². The van der Waals surface area contributed by atoms with E-state index in [9.17, 15) is 0 Å². The quantitative estimate of drug-likeness (QED) is 0.850. The van der Waals surface area contributed by atoms with Crippen LogP contribution in [0.4, 0.5) is 11.5 Å². The molecule has 2 N–H and O–H groups in total. The molecule has 82 valence electrons. The van der Waals surface area contributed by atoms with E-state index in [0.717, 1.165) is 12.2 Å². The summed E-state index contributed by atoms with van der Waals surface area (Å²) in [6.45, 7) is 0.830. The minimum atomic E-state index is 0.570. The molecule has 0 spiro atoms. The van der Waals surface area contributed by atoms with E-state index in [1.807, 2.05) is 37.4 Å². The first-order chi connectivity index (χ1) is 7.77. The molecule has 1 aromatic carbocycles. The lowest BCUT2D eigenvalue weighted by Crippen LogP contribution is -2.18. The molecule has 0 amide bonds. The summed E-state index contributed by atoms with van der Waals surface area (Å²) < 4.78 is 0. The summed E-state index contributed by atoms with van der Waals surface area (Å²) in [6.07, 6.45) is 1.70. The van der Waals surface area contributed by atoms with Crippen molar-refractivity contribution < 1.29 is 0 Å². The van der Waals surface area contributed by atoms with Gasteiger partial charge in [-0.25, -0.2) is 4.98 Å². The van der Waals surface area contributed by atoms with Crippen molar-refractivity contribution in [3.8, 4) is 0 Å². The Balaban J connectivity index is 2.15. The van der Waals surface area contributed by atoms with E-state index in [1.54, 1.807) is 6.20 Å². The molecule has 0 fully saturated rings. The van der Waals surface area contributed by atoms with Gasteiger partial charge in [0.15, 0.2) is 0 Å². The van der Waals surface area contributed by atoms with E-state index >= 15 is 0 Å². The fourth-order valence-electron chi connectivity index (χ4n) is 1.67. The second-order valence-electron chi connectivity index (χ2n) is 3.75. The van der Waals surface area contributed by atoms with E-state index < -0.39 is 0 Å². The van der Waals surface area contributed by atoms with Crippen molar-refractivity contribution in [3.05, 3.63) is 54.2 Å². The molecule has 1 heterocycles. The van der Waals surface area contributed by atoms with E-state index in [4.69, 9.17) is 5.73 Å². The number of rotatable bonds is 3. The van der Waals surface area contributed by atoms with E-state index in [0.29, 0.717) is 5.82 Å². The van der Waals surface area contributed by atoms with Crippen LogP contribution in [0.25, 0.3) is 0 Å². The maximum absolute atomic E-state index is 5.82. The lowest BCUT2D eigenvalue weighted by molar-refractivity contribution is 0.920. The second kappa shape index (κ2) is 4.66. The number of anilines is 2. The van der Waals surface area contributed by atoms with Crippen molar-refractivity contribution in [2.75, 3.05) is 17.7 Å². The highest BCUT2D eigenvalue weighted by atomic mass is 15.1. The minimum absolute atomic E-state index is 0.570. The Morgan fingerprint density at radius 1 is 1.12 bits per heavy atom. The average Bonchev–Trinajstić information content (AvgIpc) is 2.31. The highest BCUT2D eigenvalue weighted by Gasteiger charge is 2.05. The summed E-state index contributed by atoms with van der Waals surface area (Å²) in [7, 11) is 2.01. The number of nitrogen functional groups attached to an aromatic ring is 1. The fourth-order valence-corrected chi connectivity index (χ4v) is 1.67. The van der Waals surface area contributed by atoms with Gasteiger partial charge in [-0.2, -0.15) is 0 Å². The van der Waals surface area contributed by atoms with E-state index in [2.05, 4.69) is 22.0 Å². The molecule has 2 aromatic rings. The Hall–Kier alpha value is -2.03. The first kappa shape index (κ1) is 10.5. The zero-order chi connectivity index (χ0) is 11.4. The molecule has 0 saturated carbocycles. The van der Waals surface area contributed by atoms with Crippen LogP contribution in [-0.2, 0) is 6.54 Å². The molecule has 0 radical (unpaired) electrons. The van der Waals surface area contributed by atoms with Crippen molar-refractivity contribution in [2.24, 2.45) is 0 Å². The summed E-state index contributed by atoms with van der Waals surface area (Å²) in [5, 5.41) is 0. The van der Waals surface area contributed by atoms with Crippen LogP contribution in [0.5, 0.6) is 0 Å². The summed E-state index contributed by atoms with van der Waals surface area (Å²) >= 11 is 0. The second-order valence-corrected chi connectivity index (χ2v) is 3.75. The summed E-state index contributed by atoms with van der Waals surface area (Å²) in [5.41, 5.74) is 8.04. The largest absolute Gasteiger partial charge is 0.382 e. The minimum Gasteiger partial charge on any atom is -0.382 e. The van der Waals surface area contributed by atoms with Crippen LogP contribution in [-0.4, -0.2) is 12.0 Å². The lowest BCUT2D eigenvalue weighted by atomic mass is 10.2. The molecule has 16 heavy (non-hydrogen) atoms. The van der Waals surface area contributed by atoms with Gasteiger partial charge in [-0.3, -0.25) is 0 Å². The van der Waals surface area contributed by atoms with Gasteiger partial charge in [0.2, 0.25) is 0 Å². The fraction of sp³-hybridized carbons (Fsp3) is 0.154. The molecule has 3 nitrogen and oxygen atoms in total. The normalized spacial score (nSPS) is 10.1. The number of nitrogens with zero attached hydrogens (tertiary/aromatic N) is 2. The molecule has 0 unspecified atom stereocenters. The molecule has 0 aliphatic carbocycles. The zero-order valence-electron chi connectivity index (χ0n) is 9.30. The van der Waals surface area contributed by atoms with Gasteiger partial charge in [-0.15, -0.1) is 0 Å². The molecule has 1 aromatic heterocycles. The first-order valence-corrected chi connectivity index (χ1v) is 5.23. The van der Waals surface area contributed by atoms with Gasteiger partial charge in [0, 0.05) is 19.8 Å². The average molecular weight is 213 g/mol. The van der Waals surface area contributed by atoms with Crippen LogP contribution in [0.2, 0.25) is 0 Å². The van der Waals surface area contributed by atoms with Crippen LogP contribution in [0, 0.1) is 0 Å². The van der Waals surface area contributed by atoms with Gasteiger partial charge < -0.3 is 10.6 Å². The van der Waals surface area contributed by atoms with Crippen LogP contribution in [0.1, 0.15) is 5.56 Å². The summed E-state index contributed by atoms with van der Waals surface area (Å²) in [5.74, 6) is 0.570. The highest BCUT2D eigenvalue weighted by Crippen LogP contribution is 2.20. The van der Waals surface area contributed by atoms with Crippen LogP contribution < -0.4 is 10.6 Å². The van der Waals surface area contributed by atoms with Gasteiger partial charge >= 0.3 is 0 Å². The van der Waals surface area contributed by atoms with Crippen molar-refractivity contribution in [1.29, 1.82) is 0 Å². The maximum atomic E-state index is 5.82. The lowest BCUT2D eigenvalue weighted by Gasteiger charge is -2.20. The Kier molecular flexibility index (Phi) is 3.05. The summed E-state index contributed by atoms with van der Waals surface area (Å²) in [4.78, 5) is 6.17. The molecule has 3 heteroatoms. The van der Waals surface area contributed by atoms with Gasteiger partial charge in [0.25, 0.3) is 0 Å².